The normalized spacial score (nSPS) is 17.0. The van der Waals surface area contributed by atoms with E-state index in [9.17, 15) is 21.6 Å². The standard InChI is InChI=1S/C19H23N3O6S2/c20-29(24,25)13-14-3-1-4-16(11-14)22-19(23)15-6-8-18(9-7-15)30(26,27)21-12-17-5-2-10-28-17/h1,3-4,6-9,11,17,21H,2,5,10,12-13H2,(H,22,23)(H2,20,24,25). The second kappa shape index (κ2) is 9.23. The van der Waals surface area contributed by atoms with Crippen LogP contribution in [0, 0.1) is 0 Å². The molecule has 1 unspecified atom stereocenters. The molecule has 4 N–H and O–H groups in total. The molecule has 30 heavy (non-hydrogen) atoms. The van der Waals surface area contributed by atoms with Crippen molar-refractivity contribution in [2.75, 3.05) is 18.5 Å². The highest BCUT2D eigenvalue weighted by molar-refractivity contribution is 7.89. The van der Waals surface area contributed by atoms with Gasteiger partial charge in [0.1, 0.15) is 0 Å². The van der Waals surface area contributed by atoms with Crippen molar-refractivity contribution in [1.82, 2.24) is 4.72 Å². The minimum absolute atomic E-state index is 0.0483. The highest BCUT2D eigenvalue weighted by Crippen LogP contribution is 2.16. The van der Waals surface area contributed by atoms with Gasteiger partial charge in [-0.05, 0) is 54.8 Å². The first-order valence-electron chi connectivity index (χ1n) is 9.24. The van der Waals surface area contributed by atoms with Crippen molar-refractivity contribution in [1.29, 1.82) is 0 Å². The van der Waals surface area contributed by atoms with Crippen molar-refractivity contribution in [3.63, 3.8) is 0 Å². The molecule has 0 saturated carbocycles. The summed E-state index contributed by atoms with van der Waals surface area (Å²) in [6.07, 6.45) is 1.62. The van der Waals surface area contributed by atoms with Crippen LogP contribution in [0.1, 0.15) is 28.8 Å². The molecular weight excluding hydrogens is 430 g/mol. The first-order chi connectivity index (χ1) is 14.1. The Labute approximate surface area is 175 Å². The highest BCUT2D eigenvalue weighted by atomic mass is 32.2. The fourth-order valence-electron chi connectivity index (χ4n) is 3.05. The van der Waals surface area contributed by atoms with Gasteiger partial charge in [0, 0.05) is 24.4 Å². The number of carbonyl (C=O) groups excluding carboxylic acids is 1. The fourth-order valence-corrected chi connectivity index (χ4v) is 4.76. The van der Waals surface area contributed by atoms with Gasteiger partial charge in [-0.1, -0.05) is 12.1 Å². The Hall–Kier alpha value is -2.31. The molecular formula is C19H23N3O6S2. The molecule has 0 spiro atoms. The first-order valence-corrected chi connectivity index (χ1v) is 12.4. The molecule has 2 aromatic rings. The van der Waals surface area contributed by atoms with E-state index in [1.807, 2.05) is 0 Å². The summed E-state index contributed by atoms with van der Waals surface area (Å²) in [6, 6.07) is 11.8. The van der Waals surface area contributed by atoms with Crippen molar-refractivity contribution >= 4 is 31.6 Å². The van der Waals surface area contributed by atoms with Gasteiger partial charge in [0.25, 0.3) is 5.91 Å². The number of primary sulfonamides is 1. The maximum Gasteiger partial charge on any atom is 0.255 e. The van der Waals surface area contributed by atoms with Crippen molar-refractivity contribution < 1.29 is 26.4 Å². The van der Waals surface area contributed by atoms with Gasteiger partial charge in [-0.3, -0.25) is 4.79 Å². The largest absolute Gasteiger partial charge is 0.377 e. The molecule has 9 nitrogen and oxygen atoms in total. The molecule has 0 aromatic heterocycles. The lowest BCUT2D eigenvalue weighted by atomic mass is 10.2. The molecule has 0 bridgehead atoms. The summed E-state index contributed by atoms with van der Waals surface area (Å²) < 4.78 is 55.1. The number of benzene rings is 2. The molecule has 11 heteroatoms. The van der Waals surface area contributed by atoms with E-state index in [1.165, 1.54) is 30.3 Å². The summed E-state index contributed by atoms with van der Waals surface area (Å²) in [4.78, 5) is 12.5. The van der Waals surface area contributed by atoms with E-state index in [0.29, 0.717) is 17.9 Å². The molecule has 1 aliphatic rings. The van der Waals surface area contributed by atoms with Gasteiger partial charge >= 0.3 is 0 Å². The first kappa shape index (κ1) is 22.4. The number of hydrogen-bond donors (Lipinski definition) is 3. The van der Waals surface area contributed by atoms with Gasteiger partial charge < -0.3 is 10.1 Å². The van der Waals surface area contributed by atoms with E-state index in [1.54, 1.807) is 18.2 Å². The van der Waals surface area contributed by atoms with E-state index >= 15 is 0 Å². The number of rotatable bonds is 8. The Morgan fingerprint density at radius 2 is 1.83 bits per heavy atom. The fraction of sp³-hybridized carbons (Fsp3) is 0.316. The summed E-state index contributed by atoms with van der Waals surface area (Å²) in [6.45, 7) is 0.848. The summed E-state index contributed by atoms with van der Waals surface area (Å²) in [5, 5.41) is 7.69. The van der Waals surface area contributed by atoms with E-state index < -0.39 is 26.0 Å². The maximum absolute atomic E-state index is 12.4. The number of carbonyl (C=O) groups is 1. The van der Waals surface area contributed by atoms with Crippen LogP contribution in [0.25, 0.3) is 0 Å². The Kier molecular flexibility index (Phi) is 6.88. The van der Waals surface area contributed by atoms with E-state index in [-0.39, 0.29) is 28.9 Å². The molecule has 1 aliphatic heterocycles. The Morgan fingerprint density at radius 1 is 1.10 bits per heavy atom. The quantitative estimate of drug-likeness (QED) is 0.547. The summed E-state index contributed by atoms with van der Waals surface area (Å²) in [5.41, 5.74) is 1.09. The molecule has 1 saturated heterocycles. The molecule has 2 aromatic carbocycles. The molecule has 0 radical (unpaired) electrons. The van der Waals surface area contributed by atoms with Crippen LogP contribution in [0.3, 0.4) is 0 Å². The number of sulfonamides is 2. The van der Waals surface area contributed by atoms with E-state index in [2.05, 4.69) is 10.0 Å². The molecule has 1 heterocycles. The van der Waals surface area contributed by atoms with Gasteiger partial charge in [-0.2, -0.15) is 0 Å². The zero-order valence-corrected chi connectivity index (χ0v) is 17.7. The highest BCUT2D eigenvalue weighted by Gasteiger charge is 2.20. The topological polar surface area (TPSA) is 145 Å². The summed E-state index contributed by atoms with van der Waals surface area (Å²) in [5.74, 6) is -0.804. The van der Waals surface area contributed by atoms with E-state index in [4.69, 9.17) is 9.88 Å². The van der Waals surface area contributed by atoms with Crippen LogP contribution in [0.15, 0.2) is 53.4 Å². The second-order valence-corrected chi connectivity index (χ2v) is 10.4. The molecule has 1 fully saturated rings. The molecule has 0 aliphatic carbocycles. The van der Waals surface area contributed by atoms with E-state index in [0.717, 1.165) is 12.8 Å². The Bertz CT molecular complexity index is 1110. The van der Waals surface area contributed by atoms with Gasteiger partial charge in [-0.15, -0.1) is 0 Å². The smallest absolute Gasteiger partial charge is 0.255 e. The van der Waals surface area contributed by atoms with Crippen molar-refractivity contribution in [2.45, 2.75) is 29.6 Å². The predicted molar refractivity (Wildman–Crippen MR) is 112 cm³/mol. The maximum atomic E-state index is 12.4. The monoisotopic (exact) mass is 453 g/mol. The van der Waals surface area contributed by atoms with Gasteiger partial charge in [0.15, 0.2) is 0 Å². The average molecular weight is 454 g/mol. The van der Waals surface area contributed by atoms with Crippen LogP contribution in [0.2, 0.25) is 0 Å². The Balaban J connectivity index is 1.64. The lowest BCUT2D eigenvalue weighted by molar-refractivity contribution is 0.102. The van der Waals surface area contributed by atoms with Crippen LogP contribution < -0.4 is 15.2 Å². The molecule has 162 valence electrons. The predicted octanol–water partition coefficient (Wildman–Crippen LogP) is 1.18. The lowest BCUT2D eigenvalue weighted by Crippen LogP contribution is -2.31. The molecule has 1 amide bonds. The second-order valence-electron chi connectivity index (χ2n) is 6.97. The third kappa shape index (κ3) is 6.34. The summed E-state index contributed by atoms with van der Waals surface area (Å²) >= 11 is 0. The van der Waals surface area contributed by atoms with Gasteiger partial charge in [0.2, 0.25) is 20.0 Å². The van der Waals surface area contributed by atoms with Crippen LogP contribution in [0.5, 0.6) is 0 Å². The number of nitrogens with one attached hydrogen (secondary N) is 2. The van der Waals surface area contributed by atoms with Crippen LogP contribution in [0.4, 0.5) is 5.69 Å². The van der Waals surface area contributed by atoms with Crippen LogP contribution in [-0.2, 0) is 30.5 Å². The number of amides is 1. The van der Waals surface area contributed by atoms with Crippen LogP contribution in [-0.4, -0.2) is 42.0 Å². The minimum Gasteiger partial charge on any atom is -0.377 e. The summed E-state index contributed by atoms with van der Waals surface area (Å²) in [7, 11) is -7.39. The number of nitrogens with two attached hydrogens (primary N) is 1. The number of ether oxygens (including phenoxy) is 1. The number of anilines is 1. The number of hydrogen-bond acceptors (Lipinski definition) is 6. The molecule has 3 rings (SSSR count). The zero-order valence-electron chi connectivity index (χ0n) is 16.1. The van der Waals surface area contributed by atoms with Crippen molar-refractivity contribution in [2.24, 2.45) is 5.14 Å². The Morgan fingerprint density at radius 3 is 2.47 bits per heavy atom. The third-order valence-corrected chi connectivity index (χ3v) is 6.68. The average Bonchev–Trinajstić information content (AvgIpc) is 3.19. The SMILES string of the molecule is NS(=O)(=O)Cc1cccc(NC(=O)c2ccc(S(=O)(=O)NCC3CCCO3)cc2)c1. The van der Waals surface area contributed by atoms with Crippen molar-refractivity contribution in [3.05, 3.63) is 59.7 Å². The zero-order chi connectivity index (χ0) is 21.8. The molecule has 1 atom stereocenters. The third-order valence-electron chi connectivity index (χ3n) is 4.50. The van der Waals surface area contributed by atoms with Gasteiger partial charge in [-0.25, -0.2) is 26.7 Å². The lowest BCUT2D eigenvalue weighted by Gasteiger charge is -2.12. The van der Waals surface area contributed by atoms with Crippen molar-refractivity contribution in [3.8, 4) is 0 Å². The van der Waals surface area contributed by atoms with Gasteiger partial charge in [0.05, 0.1) is 16.8 Å². The van der Waals surface area contributed by atoms with Crippen LogP contribution >= 0.6 is 0 Å². The minimum atomic E-state index is -3.70.